The fourth-order valence-electron chi connectivity index (χ4n) is 2.85. The zero-order chi connectivity index (χ0) is 9.54. The highest BCUT2D eigenvalue weighted by atomic mass is 16.5. The van der Waals surface area contributed by atoms with Crippen molar-refractivity contribution < 1.29 is 4.74 Å². The molecule has 2 nitrogen and oxygen atoms in total. The van der Waals surface area contributed by atoms with E-state index in [1.54, 1.807) is 0 Å². The standard InChI is InChI=1S/C12H21NO/c1-8-7-14-5-4-11(8)13-12-6-10(12)9-2-3-9/h8-13H,2-7H2,1H3. The van der Waals surface area contributed by atoms with Crippen LogP contribution in [-0.2, 0) is 4.74 Å². The largest absolute Gasteiger partial charge is 0.381 e. The van der Waals surface area contributed by atoms with Crippen LogP contribution in [0.5, 0.6) is 0 Å². The number of rotatable bonds is 3. The topological polar surface area (TPSA) is 21.3 Å². The molecule has 1 saturated heterocycles. The first-order valence-corrected chi connectivity index (χ1v) is 6.18. The van der Waals surface area contributed by atoms with Crippen LogP contribution in [0.4, 0.5) is 0 Å². The molecule has 0 radical (unpaired) electrons. The first kappa shape index (κ1) is 9.17. The molecule has 14 heavy (non-hydrogen) atoms. The Hall–Kier alpha value is -0.0800. The van der Waals surface area contributed by atoms with E-state index in [1.807, 2.05) is 0 Å². The van der Waals surface area contributed by atoms with Crippen molar-refractivity contribution in [2.75, 3.05) is 13.2 Å². The Morgan fingerprint density at radius 3 is 2.71 bits per heavy atom. The summed E-state index contributed by atoms with van der Waals surface area (Å²) >= 11 is 0. The molecule has 2 aliphatic carbocycles. The molecule has 0 bridgehead atoms. The van der Waals surface area contributed by atoms with Gasteiger partial charge in [0.1, 0.15) is 0 Å². The summed E-state index contributed by atoms with van der Waals surface area (Å²) in [6, 6.07) is 1.60. The minimum absolute atomic E-state index is 0.712. The van der Waals surface area contributed by atoms with Crippen LogP contribution in [0.25, 0.3) is 0 Å². The lowest BCUT2D eigenvalue weighted by Gasteiger charge is -2.30. The van der Waals surface area contributed by atoms with Crippen molar-refractivity contribution in [3.05, 3.63) is 0 Å². The summed E-state index contributed by atoms with van der Waals surface area (Å²) in [4.78, 5) is 0. The van der Waals surface area contributed by atoms with Gasteiger partial charge in [0.05, 0.1) is 6.61 Å². The van der Waals surface area contributed by atoms with E-state index in [4.69, 9.17) is 4.74 Å². The maximum atomic E-state index is 5.46. The van der Waals surface area contributed by atoms with Crippen molar-refractivity contribution in [2.45, 2.75) is 44.7 Å². The molecule has 0 spiro atoms. The molecule has 4 atom stereocenters. The Labute approximate surface area is 86.4 Å². The summed E-state index contributed by atoms with van der Waals surface area (Å²) in [6.07, 6.45) is 5.68. The third-order valence-corrected chi connectivity index (χ3v) is 4.14. The molecule has 4 unspecified atom stereocenters. The zero-order valence-electron chi connectivity index (χ0n) is 9.04. The van der Waals surface area contributed by atoms with Gasteiger partial charge in [-0.2, -0.15) is 0 Å². The lowest BCUT2D eigenvalue weighted by atomic mass is 9.98. The van der Waals surface area contributed by atoms with Gasteiger partial charge < -0.3 is 10.1 Å². The molecule has 0 aromatic heterocycles. The van der Waals surface area contributed by atoms with E-state index in [9.17, 15) is 0 Å². The molecule has 0 amide bonds. The smallest absolute Gasteiger partial charge is 0.0506 e. The molecule has 1 heterocycles. The third kappa shape index (κ3) is 1.82. The quantitative estimate of drug-likeness (QED) is 0.741. The average Bonchev–Trinajstić information content (AvgIpc) is 2.97. The summed E-state index contributed by atoms with van der Waals surface area (Å²) in [5.41, 5.74) is 0. The second-order valence-electron chi connectivity index (χ2n) is 5.46. The van der Waals surface area contributed by atoms with Gasteiger partial charge in [-0.15, -0.1) is 0 Å². The molecule has 3 rings (SSSR count). The minimum atomic E-state index is 0.712. The molecule has 2 heteroatoms. The maximum Gasteiger partial charge on any atom is 0.0506 e. The third-order valence-electron chi connectivity index (χ3n) is 4.14. The van der Waals surface area contributed by atoms with Gasteiger partial charge in [0.25, 0.3) is 0 Å². The van der Waals surface area contributed by atoms with Crippen LogP contribution >= 0.6 is 0 Å². The van der Waals surface area contributed by atoms with Crippen molar-refractivity contribution in [2.24, 2.45) is 17.8 Å². The molecule has 2 saturated carbocycles. The van der Waals surface area contributed by atoms with Gasteiger partial charge >= 0.3 is 0 Å². The van der Waals surface area contributed by atoms with Crippen molar-refractivity contribution in [1.29, 1.82) is 0 Å². The Morgan fingerprint density at radius 1 is 1.14 bits per heavy atom. The Balaban J connectivity index is 1.47. The second-order valence-corrected chi connectivity index (χ2v) is 5.46. The summed E-state index contributed by atoms with van der Waals surface area (Å²) in [5.74, 6) is 2.86. The molecule has 0 aromatic carbocycles. The number of ether oxygens (including phenoxy) is 1. The van der Waals surface area contributed by atoms with Gasteiger partial charge in [0.15, 0.2) is 0 Å². The van der Waals surface area contributed by atoms with E-state index in [-0.39, 0.29) is 0 Å². The summed E-state index contributed by atoms with van der Waals surface area (Å²) in [7, 11) is 0. The van der Waals surface area contributed by atoms with Crippen LogP contribution in [0.15, 0.2) is 0 Å². The van der Waals surface area contributed by atoms with Gasteiger partial charge in [0, 0.05) is 18.7 Å². The van der Waals surface area contributed by atoms with Crippen molar-refractivity contribution in [1.82, 2.24) is 5.32 Å². The Morgan fingerprint density at radius 2 is 2.00 bits per heavy atom. The molecular weight excluding hydrogens is 174 g/mol. The predicted molar refractivity (Wildman–Crippen MR) is 56.1 cm³/mol. The maximum absolute atomic E-state index is 5.46. The highest BCUT2D eigenvalue weighted by Gasteiger charge is 2.48. The number of hydrogen-bond donors (Lipinski definition) is 1. The summed E-state index contributed by atoms with van der Waals surface area (Å²) in [5, 5.41) is 3.83. The molecule has 80 valence electrons. The van der Waals surface area contributed by atoms with Gasteiger partial charge in [-0.05, 0) is 43.4 Å². The van der Waals surface area contributed by atoms with E-state index in [2.05, 4.69) is 12.2 Å². The zero-order valence-corrected chi connectivity index (χ0v) is 9.04. The van der Waals surface area contributed by atoms with Crippen LogP contribution in [0.3, 0.4) is 0 Å². The molecule has 3 fully saturated rings. The minimum Gasteiger partial charge on any atom is -0.381 e. The van der Waals surface area contributed by atoms with Crippen molar-refractivity contribution in [3.63, 3.8) is 0 Å². The molecule has 3 aliphatic rings. The average molecular weight is 195 g/mol. The second kappa shape index (κ2) is 3.49. The normalized spacial score (nSPS) is 47.8. The summed E-state index contributed by atoms with van der Waals surface area (Å²) < 4.78 is 5.46. The van der Waals surface area contributed by atoms with Crippen molar-refractivity contribution >= 4 is 0 Å². The SMILES string of the molecule is CC1COCCC1NC1CC1C1CC1. The lowest BCUT2D eigenvalue weighted by molar-refractivity contribution is 0.0381. The molecule has 0 aromatic rings. The first-order valence-electron chi connectivity index (χ1n) is 6.18. The van der Waals surface area contributed by atoms with Gasteiger partial charge in [-0.1, -0.05) is 6.92 Å². The Bertz CT molecular complexity index is 214. The van der Waals surface area contributed by atoms with Crippen LogP contribution in [-0.4, -0.2) is 25.3 Å². The number of hydrogen-bond acceptors (Lipinski definition) is 2. The first-order chi connectivity index (χ1) is 6.84. The van der Waals surface area contributed by atoms with E-state index in [0.29, 0.717) is 5.92 Å². The van der Waals surface area contributed by atoms with E-state index in [1.165, 1.54) is 25.7 Å². The van der Waals surface area contributed by atoms with E-state index >= 15 is 0 Å². The number of nitrogens with one attached hydrogen (secondary N) is 1. The van der Waals surface area contributed by atoms with Crippen LogP contribution in [0.2, 0.25) is 0 Å². The fourth-order valence-corrected chi connectivity index (χ4v) is 2.85. The van der Waals surface area contributed by atoms with Gasteiger partial charge in [-0.25, -0.2) is 0 Å². The Kier molecular flexibility index (Phi) is 2.29. The highest BCUT2D eigenvalue weighted by Crippen LogP contribution is 2.50. The van der Waals surface area contributed by atoms with Crippen LogP contribution in [0, 0.1) is 17.8 Å². The monoisotopic (exact) mass is 195 g/mol. The van der Waals surface area contributed by atoms with Gasteiger partial charge in [-0.3, -0.25) is 0 Å². The lowest BCUT2D eigenvalue weighted by Crippen LogP contribution is -2.43. The summed E-state index contributed by atoms with van der Waals surface area (Å²) in [6.45, 7) is 4.23. The van der Waals surface area contributed by atoms with Gasteiger partial charge in [0.2, 0.25) is 0 Å². The van der Waals surface area contributed by atoms with Crippen LogP contribution in [0.1, 0.15) is 32.6 Å². The van der Waals surface area contributed by atoms with Crippen LogP contribution < -0.4 is 5.32 Å². The molecular formula is C12H21NO. The van der Waals surface area contributed by atoms with E-state index < -0.39 is 0 Å². The fraction of sp³-hybridized carbons (Fsp3) is 1.00. The molecule has 1 N–H and O–H groups in total. The molecule has 1 aliphatic heterocycles. The highest BCUT2D eigenvalue weighted by molar-refractivity contribution is 5.03. The predicted octanol–water partition coefficient (Wildman–Crippen LogP) is 1.80. The van der Waals surface area contributed by atoms with Crippen molar-refractivity contribution in [3.8, 4) is 0 Å². The van der Waals surface area contributed by atoms with E-state index in [0.717, 1.165) is 37.1 Å².